The molecule has 2 heterocycles. The fraction of sp³-hybridized carbons (Fsp3) is 0.733. The Labute approximate surface area is 121 Å². The van der Waals surface area contributed by atoms with E-state index in [1.165, 1.54) is 12.8 Å². The van der Waals surface area contributed by atoms with E-state index in [1.54, 1.807) is 0 Å². The monoisotopic (exact) mass is 278 g/mol. The lowest BCUT2D eigenvalue weighted by atomic mass is 10.1. The number of rotatable bonds is 6. The molecule has 5 nitrogen and oxygen atoms in total. The van der Waals surface area contributed by atoms with E-state index in [4.69, 9.17) is 10.5 Å². The van der Waals surface area contributed by atoms with Crippen LogP contribution in [0.1, 0.15) is 45.2 Å². The highest BCUT2D eigenvalue weighted by Gasteiger charge is 2.26. The Morgan fingerprint density at radius 3 is 2.95 bits per heavy atom. The van der Waals surface area contributed by atoms with Crippen molar-refractivity contribution in [2.75, 3.05) is 18.0 Å². The fourth-order valence-electron chi connectivity index (χ4n) is 2.71. The van der Waals surface area contributed by atoms with Crippen molar-refractivity contribution in [1.29, 1.82) is 0 Å². The zero-order valence-electron chi connectivity index (χ0n) is 12.8. The average Bonchev–Trinajstić information content (AvgIpc) is 2.83. The molecule has 0 saturated carbocycles. The van der Waals surface area contributed by atoms with Gasteiger partial charge in [0.05, 0.1) is 6.10 Å². The van der Waals surface area contributed by atoms with Crippen molar-refractivity contribution < 1.29 is 4.74 Å². The van der Waals surface area contributed by atoms with Crippen LogP contribution in [0.2, 0.25) is 0 Å². The second kappa shape index (κ2) is 6.88. The van der Waals surface area contributed by atoms with Crippen molar-refractivity contribution in [2.24, 2.45) is 5.73 Å². The van der Waals surface area contributed by atoms with Gasteiger partial charge in [0.2, 0.25) is 11.8 Å². The summed E-state index contributed by atoms with van der Waals surface area (Å²) in [6, 6.07) is 2.42. The zero-order valence-corrected chi connectivity index (χ0v) is 12.8. The molecule has 1 fully saturated rings. The molecule has 1 aliphatic rings. The number of anilines is 1. The van der Waals surface area contributed by atoms with Gasteiger partial charge >= 0.3 is 0 Å². The summed E-state index contributed by atoms with van der Waals surface area (Å²) in [6.07, 6.45) is 4.71. The SMILES string of the molecule is Cc1cc(OC(C)C)nc(N2CCCC2CCCN)n1. The summed E-state index contributed by atoms with van der Waals surface area (Å²) in [5, 5.41) is 0. The number of nitrogens with zero attached hydrogens (tertiary/aromatic N) is 3. The van der Waals surface area contributed by atoms with Crippen molar-refractivity contribution in [2.45, 2.75) is 58.6 Å². The lowest BCUT2D eigenvalue weighted by Crippen LogP contribution is -2.31. The van der Waals surface area contributed by atoms with Crippen LogP contribution in [-0.2, 0) is 0 Å². The topological polar surface area (TPSA) is 64.3 Å². The highest BCUT2D eigenvalue weighted by atomic mass is 16.5. The second-order valence-electron chi connectivity index (χ2n) is 5.73. The first-order valence-electron chi connectivity index (χ1n) is 7.59. The Hall–Kier alpha value is -1.36. The van der Waals surface area contributed by atoms with Gasteiger partial charge in [-0.05, 0) is 53.0 Å². The normalized spacial score (nSPS) is 18.9. The molecule has 1 aliphatic heterocycles. The van der Waals surface area contributed by atoms with Gasteiger partial charge in [0.15, 0.2) is 0 Å². The highest BCUT2D eigenvalue weighted by Crippen LogP contribution is 2.27. The van der Waals surface area contributed by atoms with Gasteiger partial charge in [-0.2, -0.15) is 4.98 Å². The molecule has 1 aromatic heterocycles. The van der Waals surface area contributed by atoms with E-state index in [1.807, 2.05) is 26.8 Å². The maximum absolute atomic E-state index is 5.71. The Balaban J connectivity index is 2.16. The van der Waals surface area contributed by atoms with Gasteiger partial charge in [-0.3, -0.25) is 0 Å². The molecule has 0 amide bonds. The third-order valence-corrected chi connectivity index (χ3v) is 3.55. The van der Waals surface area contributed by atoms with Gasteiger partial charge in [0.25, 0.3) is 0 Å². The van der Waals surface area contributed by atoms with E-state index < -0.39 is 0 Å². The predicted octanol–water partition coefficient (Wildman–Crippen LogP) is 2.28. The Morgan fingerprint density at radius 1 is 1.45 bits per heavy atom. The van der Waals surface area contributed by atoms with E-state index in [0.717, 1.165) is 37.6 Å². The van der Waals surface area contributed by atoms with Crippen molar-refractivity contribution in [3.63, 3.8) is 0 Å². The number of aryl methyl sites for hydroxylation is 1. The third-order valence-electron chi connectivity index (χ3n) is 3.55. The summed E-state index contributed by atoms with van der Waals surface area (Å²) in [5.41, 5.74) is 6.58. The summed E-state index contributed by atoms with van der Waals surface area (Å²) in [7, 11) is 0. The molecular formula is C15H26N4O. The molecule has 112 valence electrons. The maximum atomic E-state index is 5.71. The van der Waals surface area contributed by atoms with Gasteiger partial charge in [-0.25, -0.2) is 4.98 Å². The summed E-state index contributed by atoms with van der Waals surface area (Å²) < 4.78 is 5.71. The summed E-state index contributed by atoms with van der Waals surface area (Å²) in [6.45, 7) is 7.79. The van der Waals surface area contributed by atoms with Crippen LogP contribution in [0, 0.1) is 6.92 Å². The Bertz CT molecular complexity index is 436. The van der Waals surface area contributed by atoms with Crippen molar-refractivity contribution >= 4 is 5.95 Å². The van der Waals surface area contributed by atoms with Crippen molar-refractivity contribution in [3.05, 3.63) is 11.8 Å². The standard InChI is InChI=1S/C15H26N4O/c1-11(2)20-14-10-12(3)17-15(18-14)19-9-5-7-13(19)6-4-8-16/h10-11,13H,4-9,16H2,1-3H3. The minimum Gasteiger partial charge on any atom is -0.475 e. The lowest BCUT2D eigenvalue weighted by Gasteiger charge is -2.25. The number of hydrogen-bond donors (Lipinski definition) is 1. The molecule has 0 aromatic carbocycles. The molecule has 5 heteroatoms. The van der Waals surface area contributed by atoms with Crippen LogP contribution in [-0.4, -0.2) is 35.2 Å². The van der Waals surface area contributed by atoms with Crippen LogP contribution in [0.3, 0.4) is 0 Å². The van der Waals surface area contributed by atoms with Gasteiger partial charge in [0, 0.05) is 24.3 Å². The van der Waals surface area contributed by atoms with Crippen LogP contribution >= 0.6 is 0 Å². The molecule has 0 radical (unpaired) electrons. The van der Waals surface area contributed by atoms with Crippen LogP contribution in [0.4, 0.5) is 5.95 Å². The van der Waals surface area contributed by atoms with E-state index >= 15 is 0 Å². The smallest absolute Gasteiger partial charge is 0.229 e. The summed E-state index contributed by atoms with van der Waals surface area (Å²) in [4.78, 5) is 11.5. The molecule has 0 spiro atoms. The van der Waals surface area contributed by atoms with E-state index in [2.05, 4.69) is 14.9 Å². The van der Waals surface area contributed by atoms with E-state index in [-0.39, 0.29) is 6.10 Å². The number of nitrogens with two attached hydrogens (primary N) is 1. The second-order valence-corrected chi connectivity index (χ2v) is 5.73. The van der Waals surface area contributed by atoms with Crippen molar-refractivity contribution in [1.82, 2.24) is 9.97 Å². The molecular weight excluding hydrogens is 252 g/mol. The molecule has 0 bridgehead atoms. The first kappa shape index (κ1) is 15.0. The fourth-order valence-corrected chi connectivity index (χ4v) is 2.71. The van der Waals surface area contributed by atoms with Crippen LogP contribution in [0.5, 0.6) is 5.88 Å². The summed E-state index contributed by atoms with van der Waals surface area (Å²) in [5.74, 6) is 1.48. The van der Waals surface area contributed by atoms with Crippen LogP contribution < -0.4 is 15.4 Å². The molecule has 1 unspecified atom stereocenters. The zero-order chi connectivity index (χ0) is 14.5. The maximum Gasteiger partial charge on any atom is 0.229 e. The highest BCUT2D eigenvalue weighted by molar-refractivity contribution is 5.37. The molecule has 0 aliphatic carbocycles. The first-order chi connectivity index (χ1) is 9.60. The molecule has 2 N–H and O–H groups in total. The molecule has 1 aromatic rings. The quantitative estimate of drug-likeness (QED) is 0.865. The minimum absolute atomic E-state index is 0.128. The van der Waals surface area contributed by atoms with E-state index in [9.17, 15) is 0 Å². The number of aromatic nitrogens is 2. The number of hydrogen-bond acceptors (Lipinski definition) is 5. The lowest BCUT2D eigenvalue weighted by molar-refractivity contribution is 0.232. The van der Waals surface area contributed by atoms with Gasteiger partial charge < -0.3 is 15.4 Å². The predicted molar refractivity (Wildman–Crippen MR) is 81.2 cm³/mol. The van der Waals surface area contributed by atoms with Crippen LogP contribution in [0.25, 0.3) is 0 Å². The van der Waals surface area contributed by atoms with Gasteiger partial charge in [-0.15, -0.1) is 0 Å². The molecule has 2 rings (SSSR count). The Morgan fingerprint density at radius 2 is 2.25 bits per heavy atom. The number of ether oxygens (including phenoxy) is 1. The third kappa shape index (κ3) is 3.82. The molecule has 1 saturated heterocycles. The van der Waals surface area contributed by atoms with Gasteiger partial charge in [0.1, 0.15) is 0 Å². The van der Waals surface area contributed by atoms with Crippen LogP contribution in [0.15, 0.2) is 6.07 Å². The van der Waals surface area contributed by atoms with E-state index in [0.29, 0.717) is 11.9 Å². The molecule has 20 heavy (non-hydrogen) atoms. The average molecular weight is 278 g/mol. The minimum atomic E-state index is 0.128. The first-order valence-corrected chi connectivity index (χ1v) is 7.59. The van der Waals surface area contributed by atoms with Gasteiger partial charge in [-0.1, -0.05) is 0 Å². The Kier molecular flexibility index (Phi) is 5.17. The largest absolute Gasteiger partial charge is 0.475 e. The molecule has 1 atom stereocenters. The van der Waals surface area contributed by atoms with Crippen molar-refractivity contribution in [3.8, 4) is 5.88 Å². The summed E-state index contributed by atoms with van der Waals surface area (Å²) >= 11 is 0.